The summed E-state index contributed by atoms with van der Waals surface area (Å²) < 4.78 is 0. The minimum Gasteiger partial charge on any atom is -0.306 e. The minimum atomic E-state index is 0.277. The van der Waals surface area contributed by atoms with Gasteiger partial charge in [-0.3, -0.25) is 0 Å². The lowest BCUT2D eigenvalue weighted by atomic mass is 9.98. The molecule has 1 aliphatic heterocycles. The van der Waals surface area contributed by atoms with Gasteiger partial charge in [-0.15, -0.1) is 0 Å². The first kappa shape index (κ1) is 22.9. The molecule has 25 heavy (non-hydrogen) atoms. The molecule has 0 bridgehead atoms. The molecule has 0 atom stereocenters. The Morgan fingerprint density at radius 3 is 1.88 bits per heavy atom. The summed E-state index contributed by atoms with van der Waals surface area (Å²) in [5.74, 6) is 0. The van der Waals surface area contributed by atoms with Crippen LogP contribution < -0.4 is 0 Å². The summed E-state index contributed by atoms with van der Waals surface area (Å²) in [4.78, 5) is 10.1. The summed E-state index contributed by atoms with van der Waals surface area (Å²) in [6.07, 6.45) is 5.18. The van der Waals surface area contributed by atoms with Crippen LogP contribution in [0.5, 0.6) is 0 Å². The summed E-state index contributed by atoms with van der Waals surface area (Å²) >= 11 is 0. The fourth-order valence-corrected chi connectivity index (χ4v) is 3.12. The number of rotatable bonds is 12. The fraction of sp³-hybridized carbons (Fsp3) is 1.00. The van der Waals surface area contributed by atoms with Crippen LogP contribution >= 0.6 is 0 Å². The van der Waals surface area contributed by atoms with Crippen molar-refractivity contribution in [2.75, 3.05) is 67.0 Å². The zero-order valence-corrected chi connectivity index (χ0v) is 18.6. The smallest absolute Gasteiger partial charge is 0.0162 e. The maximum Gasteiger partial charge on any atom is 0.0162 e. The van der Waals surface area contributed by atoms with E-state index in [-0.39, 0.29) is 11.1 Å². The topological polar surface area (TPSA) is 13.0 Å². The highest BCUT2D eigenvalue weighted by molar-refractivity contribution is 4.81. The Hall–Kier alpha value is -0.160. The Kier molecular flexibility index (Phi) is 9.38. The van der Waals surface area contributed by atoms with Gasteiger partial charge < -0.3 is 19.6 Å². The van der Waals surface area contributed by atoms with Crippen molar-refractivity contribution in [1.82, 2.24) is 19.6 Å². The summed E-state index contributed by atoms with van der Waals surface area (Å²) in [6.45, 7) is 20.3. The number of nitrogens with zero attached hydrogens (tertiary/aromatic N) is 4. The zero-order valence-electron chi connectivity index (χ0n) is 18.6. The molecular weight excluding hydrogens is 308 g/mol. The van der Waals surface area contributed by atoms with Gasteiger partial charge in [0.25, 0.3) is 0 Å². The van der Waals surface area contributed by atoms with Gasteiger partial charge in [0.15, 0.2) is 0 Å². The normalized spacial score (nSPS) is 16.9. The lowest BCUT2D eigenvalue weighted by Gasteiger charge is -2.38. The second-order valence-corrected chi connectivity index (χ2v) is 9.78. The molecule has 0 aliphatic carbocycles. The van der Waals surface area contributed by atoms with E-state index < -0.39 is 0 Å². The molecule has 0 spiro atoms. The molecule has 1 fully saturated rings. The summed E-state index contributed by atoms with van der Waals surface area (Å²) in [6, 6.07) is 0. The van der Waals surface area contributed by atoms with Gasteiger partial charge in [-0.1, -0.05) is 0 Å². The van der Waals surface area contributed by atoms with Crippen LogP contribution in [0.2, 0.25) is 0 Å². The van der Waals surface area contributed by atoms with Crippen molar-refractivity contribution in [3.8, 4) is 0 Å². The number of likely N-dealkylation sites (tertiary alicyclic amines) is 1. The quantitative estimate of drug-likeness (QED) is 0.533. The third-order valence-electron chi connectivity index (χ3n) is 6.23. The Balaban J connectivity index is 2.17. The van der Waals surface area contributed by atoms with E-state index in [0.29, 0.717) is 0 Å². The highest BCUT2D eigenvalue weighted by atomic mass is 15.2. The largest absolute Gasteiger partial charge is 0.306 e. The van der Waals surface area contributed by atoms with Crippen LogP contribution in [0.15, 0.2) is 0 Å². The lowest BCUT2D eigenvalue weighted by Crippen LogP contribution is -2.45. The molecule has 0 radical (unpaired) electrons. The number of hydrogen-bond acceptors (Lipinski definition) is 4. The molecule has 0 saturated carbocycles. The highest BCUT2D eigenvalue weighted by Crippen LogP contribution is 2.18. The van der Waals surface area contributed by atoms with Crippen molar-refractivity contribution in [3.63, 3.8) is 0 Å². The molecular formula is C21H46N4. The van der Waals surface area contributed by atoms with Gasteiger partial charge in [0.1, 0.15) is 0 Å². The standard InChI is InChI=1S/C21H46N4/c1-20(2,3)23(7)14-9-13-22(6)19-12-21(4,5)24(8)15-10-16-25-17-11-18-25/h9-19H2,1-8H3. The van der Waals surface area contributed by atoms with Crippen LogP contribution in [0.4, 0.5) is 0 Å². The zero-order chi connectivity index (χ0) is 19.1. The second kappa shape index (κ2) is 10.2. The Morgan fingerprint density at radius 1 is 0.760 bits per heavy atom. The molecule has 1 saturated heterocycles. The lowest BCUT2D eigenvalue weighted by molar-refractivity contribution is 0.112. The molecule has 0 aromatic heterocycles. The average molecular weight is 355 g/mol. The van der Waals surface area contributed by atoms with E-state index in [1.807, 2.05) is 0 Å². The first-order valence-corrected chi connectivity index (χ1v) is 10.4. The van der Waals surface area contributed by atoms with Crippen LogP contribution in [0, 0.1) is 0 Å². The minimum absolute atomic E-state index is 0.277. The van der Waals surface area contributed by atoms with Crippen LogP contribution in [-0.2, 0) is 0 Å². The van der Waals surface area contributed by atoms with Crippen LogP contribution in [-0.4, -0.2) is 97.6 Å². The van der Waals surface area contributed by atoms with Gasteiger partial charge in [0, 0.05) is 11.1 Å². The van der Waals surface area contributed by atoms with Crippen molar-refractivity contribution >= 4 is 0 Å². The van der Waals surface area contributed by atoms with Crippen molar-refractivity contribution < 1.29 is 0 Å². The molecule has 150 valence electrons. The van der Waals surface area contributed by atoms with E-state index in [4.69, 9.17) is 0 Å². The van der Waals surface area contributed by atoms with E-state index in [2.05, 4.69) is 75.4 Å². The van der Waals surface area contributed by atoms with E-state index in [0.717, 1.165) is 0 Å². The first-order chi connectivity index (χ1) is 11.5. The fourth-order valence-electron chi connectivity index (χ4n) is 3.12. The molecule has 0 amide bonds. The van der Waals surface area contributed by atoms with Crippen molar-refractivity contribution in [1.29, 1.82) is 0 Å². The molecule has 0 aromatic carbocycles. The van der Waals surface area contributed by atoms with Crippen LogP contribution in [0.1, 0.15) is 60.3 Å². The van der Waals surface area contributed by atoms with Crippen molar-refractivity contribution in [2.24, 2.45) is 0 Å². The molecule has 4 nitrogen and oxygen atoms in total. The predicted octanol–water partition coefficient (Wildman–Crippen LogP) is 3.23. The maximum absolute atomic E-state index is 2.57. The highest BCUT2D eigenvalue weighted by Gasteiger charge is 2.24. The van der Waals surface area contributed by atoms with Gasteiger partial charge in [0.2, 0.25) is 0 Å². The summed E-state index contributed by atoms with van der Waals surface area (Å²) in [5, 5.41) is 0. The van der Waals surface area contributed by atoms with E-state index in [9.17, 15) is 0 Å². The van der Waals surface area contributed by atoms with Crippen molar-refractivity contribution in [3.05, 3.63) is 0 Å². The molecule has 1 aliphatic rings. The maximum atomic E-state index is 2.57. The monoisotopic (exact) mass is 354 g/mol. The van der Waals surface area contributed by atoms with Gasteiger partial charge in [-0.05, 0) is 127 Å². The average Bonchev–Trinajstić information content (AvgIpc) is 2.46. The Labute approximate surface area is 158 Å². The van der Waals surface area contributed by atoms with Crippen LogP contribution in [0.3, 0.4) is 0 Å². The van der Waals surface area contributed by atoms with Gasteiger partial charge in [0.05, 0.1) is 0 Å². The molecule has 1 heterocycles. The van der Waals surface area contributed by atoms with Crippen LogP contribution in [0.25, 0.3) is 0 Å². The van der Waals surface area contributed by atoms with E-state index >= 15 is 0 Å². The predicted molar refractivity (Wildman–Crippen MR) is 111 cm³/mol. The third kappa shape index (κ3) is 8.85. The van der Waals surface area contributed by atoms with Crippen molar-refractivity contribution in [2.45, 2.75) is 71.4 Å². The first-order valence-electron chi connectivity index (χ1n) is 10.4. The summed E-state index contributed by atoms with van der Waals surface area (Å²) in [5.41, 5.74) is 0.560. The van der Waals surface area contributed by atoms with E-state index in [1.165, 1.54) is 71.5 Å². The molecule has 0 unspecified atom stereocenters. The number of hydrogen-bond donors (Lipinski definition) is 0. The summed E-state index contributed by atoms with van der Waals surface area (Å²) in [7, 11) is 6.81. The van der Waals surface area contributed by atoms with E-state index in [1.54, 1.807) is 0 Å². The second-order valence-electron chi connectivity index (χ2n) is 9.78. The van der Waals surface area contributed by atoms with Gasteiger partial charge in [-0.25, -0.2) is 0 Å². The van der Waals surface area contributed by atoms with Gasteiger partial charge >= 0.3 is 0 Å². The molecule has 1 rings (SSSR count). The molecule has 4 heteroatoms. The van der Waals surface area contributed by atoms with Gasteiger partial charge in [-0.2, -0.15) is 0 Å². The Morgan fingerprint density at radius 2 is 1.36 bits per heavy atom. The molecule has 0 aromatic rings. The Bertz CT molecular complexity index is 357. The SMILES string of the molecule is CN(CCCN(C)C(C)(C)C)CCC(C)(C)N(C)CCCN1CCC1. The molecule has 0 N–H and O–H groups in total. The third-order valence-corrected chi connectivity index (χ3v) is 6.23.